The summed E-state index contributed by atoms with van der Waals surface area (Å²) in [5, 5.41) is 7.76. The van der Waals surface area contributed by atoms with Crippen molar-refractivity contribution in [2.24, 2.45) is 0 Å². The second-order valence-electron chi connectivity index (χ2n) is 4.65. The van der Waals surface area contributed by atoms with Gasteiger partial charge in [-0.3, -0.25) is 4.79 Å². The summed E-state index contributed by atoms with van der Waals surface area (Å²) < 4.78 is 2.66. The van der Waals surface area contributed by atoms with Crippen molar-refractivity contribution >= 4 is 39.3 Å². The number of amides is 1. The van der Waals surface area contributed by atoms with E-state index >= 15 is 0 Å². The minimum atomic E-state index is -0.0895. The Labute approximate surface area is 146 Å². The van der Waals surface area contributed by atoms with E-state index in [9.17, 15) is 4.79 Å². The molecule has 0 unspecified atom stereocenters. The van der Waals surface area contributed by atoms with Crippen LogP contribution in [-0.2, 0) is 4.79 Å². The maximum absolute atomic E-state index is 11.9. The topological polar surface area (TPSA) is 59.8 Å². The number of anilines is 1. The Balaban J connectivity index is 1.55. The van der Waals surface area contributed by atoms with Crippen molar-refractivity contribution in [2.75, 3.05) is 11.1 Å². The van der Waals surface area contributed by atoms with Crippen molar-refractivity contribution in [2.45, 2.75) is 5.16 Å². The first kappa shape index (κ1) is 15.8. The number of nitrogens with zero attached hydrogens (tertiary/aromatic N) is 3. The van der Waals surface area contributed by atoms with Gasteiger partial charge in [-0.1, -0.05) is 45.9 Å². The normalized spacial score (nSPS) is 10.5. The van der Waals surface area contributed by atoms with E-state index in [2.05, 4.69) is 31.3 Å². The van der Waals surface area contributed by atoms with Crippen LogP contribution in [0.5, 0.6) is 0 Å². The second kappa shape index (κ2) is 7.43. The van der Waals surface area contributed by atoms with Crippen LogP contribution in [0.15, 0.2) is 70.6 Å². The van der Waals surface area contributed by atoms with E-state index in [1.165, 1.54) is 11.8 Å². The highest BCUT2D eigenvalue weighted by molar-refractivity contribution is 9.10. The number of halogens is 1. The smallest absolute Gasteiger partial charge is 0.234 e. The zero-order valence-electron chi connectivity index (χ0n) is 12.0. The van der Waals surface area contributed by atoms with E-state index in [1.807, 2.05) is 54.6 Å². The molecule has 0 aliphatic carbocycles. The van der Waals surface area contributed by atoms with Gasteiger partial charge in [-0.25, -0.2) is 9.67 Å². The largest absolute Gasteiger partial charge is 0.325 e. The molecule has 0 saturated heterocycles. The number of para-hydroxylation sites is 1. The van der Waals surface area contributed by atoms with Gasteiger partial charge >= 0.3 is 0 Å². The van der Waals surface area contributed by atoms with Crippen LogP contribution in [0.25, 0.3) is 5.69 Å². The zero-order valence-corrected chi connectivity index (χ0v) is 14.4. The van der Waals surface area contributed by atoms with Gasteiger partial charge in [0.05, 0.1) is 11.4 Å². The highest BCUT2D eigenvalue weighted by atomic mass is 79.9. The lowest BCUT2D eigenvalue weighted by Crippen LogP contribution is -2.14. The van der Waals surface area contributed by atoms with Gasteiger partial charge in [0.1, 0.15) is 6.33 Å². The molecule has 1 N–H and O–H groups in total. The molecular formula is C16H13BrN4OS. The summed E-state index contributed by atoms with van der Waals surface area (Å²) in [5.41, 5.74) is 1.70. The molecule has 23 heavy (non-hydrogen) atoms. The Bertz CT molecular complexity index is 789. The molecule has 0 radical (unpaired) electrons. The van der Waals surface area contributed by atoms with Crippen LogP contribution in [-0.4, -0.2) is 26.4 Å². The number of benzene rings is 2. The minimum Gasteiger partial charge on any atom is -0.325 e. The molecule has 1 aromatic heterocycles. The highest BCUT2D eigenvalue weighted by Crippen LogP contribution is 2.17. The summed E-state index contributed by atoms with van der Waals surface area (Å²) in [6, 6.07) is 17.2. The third kappa shape index (κ3) is 4.43. The Hall–Kier alpha value is -2.12. The SMILES string of the molecule is O=C(CSc1ncn(-c2ccccc2)n1)Nc1ccc(Br)cc1. The number of nitrogens with one attached hydrogen (secondary N) is 1. The van der Waals surface area contributed by atoms with E-state index in [4.69, 9.17) is 0 Å². The molecule has 0 spiro atoms. The summed E-state index contributed by atoms with van der Waals surface area (Å²) in [5.74, 6) is 0.169. The molecular weight excluding hydrogens is 376 g/mol. The highest BCUT2D eigenvalue weighted by Gasteiger charge is 2.08. The van der Waals surface area contributed by atoms with E-state index in [0.29, 0.717) is 5.16 Å². The summed E-state index contributed by atoms with van der Waals surface area (Å²) in [6.45, 7) is 0. The summed E-state index contributed by atoms with van der Waals surface area (Å²) >= 11 is 4.66. The minimum absolute atomic E-state index is 0.0895. The maximum atomic E-state index is 11.9. The van der Waals surface area contributed by atoms with Gasteiger partial charge in [-0.2, -0.15) is 0 Å². The first-order valence-electron chi connectivity index (χ1n) is 6.86. The number of carbonyl (C=O) groups is 1. The first-order chi connectivity index (χ1) is 11.2. The molecule has 0 aliphatic heterocycles. The van der Waals surface area contributed by atoms with E-state index < -0.39 is 0 Å². The maximum Gasteiger partial charge on any atom is 0.234 e. The number of aromatic nitrogens is 3. The van der Waals surface area contributed by atoms with Crippen LogP contribution in [0.4, 0.5) is 5.69 Å². The monoisotopic (exact) mass is 388 g/mol. The standard InChI is InChI=1S/C16H13BrN4OS/c17-12-6-8-13(9-7-12)19-15(22)10-23-16-18-11-21(20-16)14-4-2-1-3-5-14/h1-9,11H,10H2,(H,19,22). The van der Waals surface area contributed by atoms with Crippen LogP contribution in [0, 0.1) is 0 Å². The lowest BCUT2D eigenvalue weighted by Gasteiger charge is -2.03. The van der Waals surface area contributed by atoms with E-state index in [-0.39, 0.29) is 11.7 Å². The molecule has 1 amide bonds. The first-order valence-corrected chi connectivity index (χ1v) is 8.64. The Morgan fingerprint density at radius 3 is 2.61 bits per heavy atom. The van der Waals surface area contributed by atoms with Gasteiger partial charge in [-0.05, 0) is 36.4 Å². The number of carbonyl (C=O) groups excluding carboxylic acids is 1. The van der Waals surface area contributed by atoms with Crippen LogP contribution in [0.1, 0.15) is 0 Å². The number of rotatable bonds is 5. The quantitative estimate of drug-likeness (QED) is 0.675. The van der Waals surface area contributed by atoms with Crippen molar-refractivity contribution in [3.8, 4) is 5.69 Å². The molecule has 5 nitrogen and oxygen atoms in total. The van der Waals surface area contributed by atoms with E-state index in [0.717, 1.165) is 15.8 Å². The predicted octanol–water partition coefficient (Wildman–Crippen LogP) is 3.76. The Morgan fingerprint density at radius 2 is 1.87 bits per heavy atom. The zero-order chi connectivity index (χ0) is 16.1. The summed E-state index contributed by atoms with van der Waals surface area (Å²) in [7, 11) is 0. The van der Waals surface area contributed by atoms with Crippen LogP contribution in [0.2, 0.25) is 0 Å². The van der Waals surface area contributed by atoms with Gasteiger partial charge in [0.25, 0.3) is 0 Å². The van der Waals surface area contributed by atoms with Crippen molar-refractivity contribution < 1.29 is 4.79 Å². The fourth-order valence-electron chi connectivity index (χ4n) is 1.88. The summed E-state index contributed by atoms with van der Waals surface area (Å²) in [4.78, 5) is 16.2. The van der Waals surface area contributed by atoms with E-state index in [1.54, 1.807) is 11.0 Å². The summed E-state index contributed by atoms with van der Waals surface area (Å²) in [6.07, 6.45) is 1.64. The molecule has 0 saturated carbocycles. The third-order valence-electron chi connectivity index (χ3n) is 2.95. The molecule has 116 valence electrons. The number of hydrogen-bond acceptors (Lipinski definition) is 4. The molecule has 0 fully saturated rings. The molecule has 7 heteroatoms. The number of thioether (sulfide) groups is 1. The average Bonchev–Trinajstić information content (AvgIpc) is 3.05. The molecule has 3 aromatic rings. The molecule has 3 rings (SSSR count). The number of hydrogen-bond donors (Lipinski definition) is 1. The molecule has 0 aliphatic rings. The van der Waals surface area contributed by atoms with Crippen molar-refractivity contribution in [1.82, 2.24) is 14.8 Å². The molecule has 0 atom stereocenters. The molecule has 1 heterocycles. The third-order valence-corrected chi connectivity index (χ3v) is 4.33. The molecule has 0 bridgehead atoms. The average molecular weight is 389 g/mol. The Morgan fingerprint density at radius 1 is 1.13 bits per heavy atom. The lowest BCUT2D eigenvalue weighted by molar-refractivity contribution is -0.113. The van der Waals surface area contributed by atoms with Gasteiger partial charge in [-0.15, -0.1) is 5.10 Å². The fourth-order valence-corrected chi connectivity index (χ4v) is 2.74. The Kier molecular flexibility index (Phi) is 5.09. The van der Waals surface area contributed by atoms with Gasteiger partial charge in [0.2, 0.25) is 11.1 Å². The fraction of sp³-hybridized carbons (Fsp3) is 0.0625. The molecule has 2 aromatic carbocycles. The van der Waals surface area contributed by atoms with Gasteiger partial charge < -0.3 is 5.32 Å². The lowest BCUT2D eigenvalue weighted by atomic mass is 10.3. The van der Waals surface area contributed by atoms with Crippen LogP contribution < -0.4 is 5.32 Å². The van der Waals surface area contributed by atoms with Crippen LogP contribution >= 0.6 is 27.7 Å². The second-order valence-corrected chi connectivity index (χ2v) is 6.51. The predicted molar refractivity (Wildman–Crippen MR) is 94.9 cm³/mol. The van der Waals surface area contributed by atoms with Gasteiger partial charge in [0, 0.05) is 10.2 Å². The van der Waals surface area contributed by atoms with Crippen LogP contribution in [0.3, 0.4) is 0 Å². The van der Waals surface area contributed by atoms with Crippen molar-refractivity contribution in [1.29, 1.82) is 0 Å². The van der Waals surface area contributed by atoms with Crippen molar-refractivity contribution in [3.63, 3.8) is 0 Å². The van der Waals surface area contributed by atoms with Crippen molar-refractivity contribution in [3.05, 3.63) is 65.4 Å². The van der Waals surface area contributed by atoms with Gasteiger partial charge in [0.15, 0.2) is 0 Å².